The molecule has 0 aromatic carbocycles. The summed E-state index contributed by atoms with van der Waals surface area (Å²) in [6, 6.07) is 0. The number of hydrogen-bond acceptors (Lipinski definition) is 2. The first-order chi connectivity index (χ1) is 4.22. The van der Waals surface area contributed by atoms with Crippen LogP contribution in [-0.4, -0.2) is 10.2 Å². The Morgan fingerprint density at radius 2 is 2.10 bits per heavy atom. The maximum atomic E-state index is 10.5. The Bertz CT molecular complexity index is 271. The van der Waals surface area contributed by atoms with Gasteiger partial charge in [-0.05, 0) is 0 Å². The van der Waals surface area contributed by atoms with Gasteiger partial charge >= 0.3 is 0 Å². The van der Waals surface area contributed by atoms with E-state index in [0.29, 0.717) is 0 Å². The summed E-state index contributed by atoms with van der Waals surface area (Å²) in [5.74, 6) is 0. The molecule has 0 aliphatic carbocycles. The lowest BCUT2D eigenvalue weighted by Gasteiger charge is -1.87. The minimum atomic E-state index is -0.468. The molecule has 0 amide bonds. The minimum Gasteiger partial charge on any atom is -0.266 e. The summed E-state index contributed by atoms with van der Waals surface area (Å²) in [4.78, 5) is 10.5. The molecule has 0 fully saturated rings. The van der Waals surface area contributed by atoms with E-state index in [0.717, 1.165) is 0 Å². The number of halogens is 2. The van der Waals surface area contributed by atoms with Gasteiger partial charge in [-0.15, -0.1) is 0 Å². The first kappa shape index (κ1) is 9.46. The van der Waals surface area contributed by atoms with Crippen molar-refractivity contribution >= 4 is 23.2 Å². The van der Waals surface area contributed by atoms with Gasteiger partial charge < -0.3 is 0 Å². The Morgan fingerprint density at radius 3 is 2.50 bits per heavy atom. The second-order valence-electron chi connectivity index (χ2n) is 1.36. The number of nitrogens with zero attached hydrogens (tertiary/aromatic N) is 1. The number of aromatic amines is 1. The van der Waals surface area contributed by atoms with Crippen LogP contribution < -0.4 is 5.56 Å². The van der Waals surface area contributed by atoms with Gasteiger partial charge in [-0.3, -0.25) is 4.79 Å². The molecule has 1 rings (SSSR count). The lowest BCUT2D eigenvalue weighted by molar-refractivity contribution is 0.989. The third-order valence-electron chi connectivity index (χ3n) is 0.753. The maximum absolute atomic E-state index is 10.5. The monoisotopic (exact) mass is 180 g/mol. The van der Waals surface area contributed by atoms with Crippen molar-refractivity contribution in [3.8, 4) is 0 Å². The van der Waals surface area contributed by atoms with Gasteiger partial charge in [0.1, 0.15) is 5.02 Å². The molecule has 5 heteroatoms. The highest BCUT2D eigenvalue weighted by molar-refractivity contribution is 6.41. The fraction of sp³-hybridized carbons (Fsp3) is 0.200. The average Bonchev–Trinajstić information content (AvgIpc) is 1.83. The van der Waals surface area contributed by atoms with Gasteiger partial charge in [0.15, 0.2) is 0 Å². The van der Waals surface area contributed by atoms with E-state index in [2.05, 4.69) is 10.2 Å². The van der Waals surface area contributed by atoms with Crippen LogP contribution in [0.5, 0.6) is 0 Å². The van der Waals surface area contributed by atoms with Crippen LogP contribution in [-0.2, 0) is 0 Å². The number of H-pyrrole nitrogens is 1. The Morgan fingerprint density at radius 1 is 1.50 bits per heavy atom. The third kappa shape index (κ3) is 1.72. The molecule has 0 aliphatic rings. The van der Waals surface area contributed by atoms with Crippen LogP contribution in [0.25, 0.3) is 0 Å². The summed E-state index contributed by atoms with van der Waals surface area (Å²) < 4.78 is 0. The molecule has 1 heterocycles. The maximum Gasteiger partial charge on any atom is 0.284 e. The Balaban J connectivity index is 0.000000810. The van der Waals surface area contributed by atoms with Crippen LogP contribution in [0.3, 0.4) is 0 Å². The SMILES string of the molecule is C.O=c1[nH]ncc(Cl)c1Cl. The number of aromatic nitrogens is 2. The summed E-state index contributed by atoms with van der Waals surface area (Å²) in [6.07, 6.45) is 1.27. The summed E-state index contributed by atoms with van der Waals surface area (Å²) in [5, 5.41) is 5.65. The van der Waals surface area contributed by atoms with E-state index in [9.17, 15) is 4.79 Å². The largest absolute Gasteiger partial charge is 0.284 e. The predicted molar refractivity (Wildman–Crippen MR) is 41.6 cm³/mol. The lowest BCUT2D eigenvalue weighted by atomic mass is 10.6. The van der Waals surface area contributed by atoms with E-state index in [-0.39, 0.29) is 17.5 Å². The molecule has 56 valence electrons. The molecular weight excluding hydrogens is 175 g/mol. The van der Waals surface area contributed by atoms with Crippen molar-refractivity contribution in [3.63, 3.8) is 0 Å². The first-order valence-electron chi connectivity index (χ1n) is 2.10. The van der Waals surface area contributed by atoms with Gasteiger partial charge in [-0.1, -0.05) is 30.6 Å². The van der Waals surface area contributed by atoms with Crippen molar-refractivity contribution in [1.82, 2.24) is 10.2 Å². The van der Waals surface area contributed by atoms with Crippen molar-refractivity contribution in [2.45, 2.75) is 7.43 Å². The molecule has 0 unspecified atom stereocenters. The third-order valence-corrected chi connectivity index (χ3v) is 1.51. The molecule has 0 radical (unpaired) electrons. The van der Waals surface area contributed by atoms with Crippen molar-refractivity contribution in [3.05, 3.63) is 26.6 Å². The highest BCUT2D eigenvalue weighted by Crippen LogP contribution is 2.13. The van der Waals surface area contributed by atoms with E-state index >= 15 is 0 Å². The molecule has 1 aromatic heterocycles. The van der Waals surface area contributed by atoms with Gasteiger partial charge in [0.05, 0.1) is 11.2 Å². The van der Waals surface area contributed by atoms with Crippen molar-refractivity contribution in [2.75, 3.05) is 0 Å². The van der Waals surface area contributed by atoms with Crippen molar-refractivity contribution in [2.24, 2.45) is 0 Å². The molecule has 1 aromatic rings. The Labute approximate surface area is 68.0 Å². The fourth-order valence-corrected chi connectivity index (χ4v) is 0.587. The zero-order valence-corrected chi connectivity index (χ0v) is 5.70. The van der Waals surface area contributed by atoms with Crippen LogP contribution in [0.2, 0.25) is 10.0 Å². The van der Waals surface area contributed by atoms with Gasteiger partial charge in [-0.2, -0.15) is 5.10 Å². The average molecular weight is 181 g/mol. The van der Waals surface area contributed by atoms with E-state index in [1.54, 1.807) is 0 Å². The minimum absolute atomic E-state index is 0. The molecule has 0 aliphatic heterocycles. The van der Waals surface area contributed by atoms with Gasteiger partial charge in [0.2, 0.25) is 0 Å². The van der Waals surface area contributed by atoms with Crippen LogP contribution in [0, 0.1) is 0 Å². The molecule has 10 heavy (non-hydrogen) atoms. The molecule has 3 nitrogen and oxygen atoms in total. The van der Waals surface area contributed by atoms with E-state index in [1.165, 1.54) is 6.20 Å². The smallest absolute Gasteiger partial charge is 0.266 e. The van der Waals surface area contributed by atoms with Crippen LogP contribution in [0.4, 0.5) is 0 Å². The van der Waals surface area contributed by atoms with E-state index in [4.69, 9.17) is 23.2 Å². The molecule has 0 atom stereocenters. The van der Waals surface area contributed by atoms with Gasteiger partial charge in [-0.25, -0.2) is 5.10 Å². The Kier molecular flexibility index (Phi) is 3.39. The zero-order chi connectivity index (χ0) is 6.85. The topological polar surface area (TPSA) is 45.8 Å². The van der Waals surface area contributed by atoms with Crippen molar-refractivity contribution < 1.29 is 0 Å². The quantitative estimate of drug-likeness (QED) is 0.662. The molecule has 1 N–H and O–H groups in total. The molecular formula is C5H6Cl2N2O. The molecule has 0 saturated heterocycles. The normalized spacial score (nSPS) is 8.60. The van der Waals surface area contributed by atoms with Crippen LogP contribution in [0.1, 0.15) is 7.43 Å². The number of rotatable bonds is 0. The second kappa shape index (κ2) is 3.58. The Hall–Kier alpha value is -0.540. The number of nitrogens with one attached hydrogen (secondary N) is 1. The fourth-order valence-electron chi connectivity index (χ4n) is 0.362. The summed E-state index contributed by atoms with van der Waals surface area (Å²) >= 11 is 10.8. The first-order valence-corrected chi connectivity index (χ1v) is 2.86. The number of hydrogen-bond donors (Lipinski definition) is 1. The molecule has 0 bridgehead atoms. The summed E-state index contributed by atoms with van der Waals surface area (Å²) in [7, 11) is 0. The zero-order valence-electron chi connectivity index (χ0n) is 4.19. The van der Waals surface area contributed by atoms with Gasteiger partial charge in [0, 0.05) is 0 Å². The lowest BCUT2D eigenvalue weighted by Crippen LogP contribution is -2.07. The van der Waals surface area contributed by atoms with Crippen LogP contribution in [0.15, 0.2) is 11.0 Å². The predicted octanol–water partition coefficient (Wildman–Crippen LogP) is 1.71. The molecule has 0 spiro atoms. The summed E-state index contributed by atoms with van der Waals surface area (Å²) in [6.45, 7) is 0. The molecule has 0 saturated carbocycles. The highest BCUT2D eigenvalue weighted by atomic mass is 35.5. The standard InChI is InChI=1S/C4H2Cl2N2O.CH4/c5-2-1-7-8-4(9)3(2)6;/h1H,(H,8,9);1H4. The van der Waals surface area contributed by atoms with E-state index in [1.807, 2.05) is 0 Å². The van der Waals surface area contributed by atoms with Crippen LogP contribution >= 0.6 is 23.2 Å². The second-order valence-corrected chi connectivity index (χ2v) is 2.15. The highest BCUT2D eigenvalue weighted by Gasteiger charge is 1.99. The van der Waals surface area contributed by atoms with Crippen molar-refractivity contribution in [1.29, 1.82) is 0 Å². The van der Waals surface area contributed by atoms with Gasteiger partial charge in [0.25, 0.3) is 5.56 Å². The summed E-state index contributed by atoms with van der Waals surface area (Å²) in [5.41, 5.74) is -0.468. The van der Waals surface area contributed by atoms with E-state index < -0.39 is 5.56 Å².